The first-order valence-electron chi connectivity index (χ1n) is 4.99. The third-order valence-corrected chi connectivity index (χ3v) is 3.74. The molecule has 4 heteroatoms. The van der Waals surface area contributed by atoms with E-state index in [1.807, 2.05) is 31.2 Å². The van der Waals surface area contributed by atoms with Crippen LogP contribution >= 0.6 is 11.5 Å². The van der Waals surface area contributed by atoms with Crippen LogP contribution in [-0.4, -0.2) is 15.7 Å². The normalized spacial score (nSPS) is 13.2. The number of hydrogen-bond donors (Lipinski definition) is 1. The third kappa shape index (κ3) is 1.70. The van der Waals surface area contributed by atoms with Crippen LogP contribution in [0.1, 0.15) is 19.4 Å². The molecule has 0 bridgehead atoms. The van der Waals surface area contributed by atoms with Gasteiger partial charge in [0.15, 0.2) is 0 Å². The van der Waals surface area contributed by atoms with E-state index in [4.69, 9.17) is 0 Å². The molecule has 1 N–H and O–H groups in total. The van der Waals surface area contributed by atoms with Gasteiger partial charge in [-0.25, -0.2) is 0 Å². The smallest absolute Gasteiger partial charge is 0.268 e. The Hall–Kier alpha value is -1.13. The van der Waals surface area contributed by atoms with Crippen molar-refractivity contribution in [3.05, 3.63) is 34.6 Å². The second kappa shape index (κ2) is 4.16. The first-order valence-corrected chi connectivity index (χ1v) is 5.76. The standard InChI is InChI=1S/C11H13NO2S/c1-2-8(7-13)12-11(14)9-5-3-4-6-10(9)15-12/h3-6,8,13H,2,7H2,1H3/t8-/m0/s1. The van der Waals surface area contributed by atoms with Gasteiger partial charge in [-0.3, -0.25) is 8.75 Å². The lowest BCUT2D eigenvalue weighted by Crippen LogP contribution is -2.21. The second-order valence-electron chi connectivity index (χ2n) is 3.46. The molecule has 1 heterocycles. The van der Waals surface area contributed by atoms with Gasteiger partial charge in [0.25, 0.3) is 5.56 Å². The maximum Gasteiger partial charge on any atom is 0.268 e. The molecule has 0 aliphatic carbocycles. The average molecular weight is 223 g/mol. The summed E-state index contributed by atoms with van der Waals surface area (Å²) in [4.78, 5) is 11.9. The van der Waals surface area contributed by atoms with E-state index < -0.39 is 0 Å². The molecule has 0 aliphatic rings. The predicted molar refractivity (Wildman–Crippen MR) is 62.5 cm³/mol. The van der Waals surface area contributed by atoms with Crippen LogP contribution in [0.5, 0.6) is 0 Å². The number of benzene rings is 1. The zero-order chi connectivity index (χ0) is 10.8. The Labute approximate surface area is 91.7 Å². The summed E-state index contributed by atoms with van der Waals surface area (Å²) < 4.78 is 2.65. The van der Waals surface area contributed by atoms with E-state index in [9.17, 15) is 9.90 Å². The summed E-state index contributed by atoms with van der Waals surface area (Å²) in [5.74, 6) is 0. The second-order valence-corrected chi connectivity index (χ2v) is 4.48. The van der Waals surface area contributed by atoms with Crippen LogP contribution < -0.4 is 5.56 Å². The highest BCUT2D eigenvalue weighted by molar-refractivity contribution is 7.13. The highest BCUT2D eigenvalue weighted by Gasteiger charge is 2.13. The van der Waals surface area contributed by atoms with Crippen LogP contribution in [0.3, 0.4) is 0 Å². The van der Waals surface area contributed by atoms with Crippen molar-refractivity contribution in [3.63, 3.8) is 0 Å². The molecule has 1 aromatic carbocycles. The van der Waals surface area contributed by atoms with Crippen molar-refractivity contribution in [2.45, 2.75) is 19.4 Å². The minimum absolute atomic E-state index is 0.0106. The van der Waals surface area contributed by atoms with Gasteiger partial charge in [0.05, 0.1) is 22.7 Å². The first kappa shape index (κ1) is 10.4. The molecule has 1 aromatic heterocycles. The van der Waals surface area contributed by atoms with Crippen molar-refractivity contribution in [1.29, 1.82) is 0 Å². The lowest BCUT2D eigenvalue weighted by atomic mass is 10.2. The van der Waals surface area contributed by atoms with Crippen LogP contribution in [0.2, 0.25) is 0 Å². The fourth-order valence-corrected chi connectivity index (χ4v) is 2.75. The number of aromatic nitrogens is 1. The van der Waals surface area contributed by atoms with E-state index >= 15 is 0 Å². The van der Waals surface area contributed by atoms with E-state index in [1.54, 1.807) is 3.96 Å². The topological polar surface area (TPSA) is 42.2 Å². The van der Waals surface area contributed by atoms with Crippen molar-refractivity contribution >= 4 is 21.6 Å². The van der Waals surface area contributed by atoms with Gasteiger partial charge in [-0.1, -0.05) is 30.6 Å². The number of hydrogen-bond acceptors (Lipinski definition) is 3. The largest absolute Gasteiger partial charge is 0.394 e. The Bertz CT molecular complexity index is 511. The molecule has 0 unspecified atom stereocenters. The maximum absolute atomic E-state index is 11.9. The van der Waals surface area contributed by atoms with Crippen LogP contribution in [0.25, 0.3) is 10.1 Å². The molecule has 0 amide bonds. The van der Waals surface area contributed by atoms with Crippen molar-refractivity contribution in [1.82, 2.24) is 3.96 Å². The van der Waals surface area contributed by atoms with E-state index in [-0.39, 0.29) is 18.2 Å². The van der Waals surface area contributed by atoms with Gasteiger partial charge in [-0.05, 0) is 18.6 Å². The molecule has 0 aliphatic heterocycles. The minimum atomic E-state index is -0.0881. The summed E-state index contributed by atoms with van der Waals surface area (Å²) >= 11 is 1.43. The zero-order valence-corrected chi connectivity index (χ0v) is 9.33. The van der Waals surface area contributed by atoms with Crippen molar-refractivity contribution in [2.24, 2.45) is 0 Å². The summed E-state index contributed by atoms with van der Waals surface area (Å²) in [5.41, 5.74) is 0.0106. The summed E-state index contributed by atoms with van der Waals surface area (Å²) in [6.07, 6.45) is 0.767. The molecule has 2 aromatic rings. The van der Waals surface area contributed by atoms with Gasteiger partial charge in [0.1, 0.15) is 0 Å². The summed E-state index contributed by atoms with van der Waals surface area (Å²) in [6.45, 7) is 1.99. The fraction of sp³-hybridized carbons (Fsp3) is 0.364. The van der Waals surface area contributed by atoms with Gasteiger partial charge in [0.2, 0.25) is 0 Å². The predicted octanol–water partition coefficient (Wildman–Crippen LogP) is 2.01. The lowest BCUT2D eigenvalue weighted by molar-refractivity contribution is 0.230. The molecular formula is C11H13NO2S. The van der Waals surface area contributed by atoms with Gasteiger partial charge >= 0.3 is 0 Å². The molecule has 2 rings (SSSR count). The van der Waals surface area contributed by atoms with Crippen molar-refractivity contribution < 1.29 is 5.11 Å². The summed E-state index contributed by atoms with van der Waals surface area (Å²) in [7, 11) is 0. The lowest BCUT2D eigenvalue weighted by Gasteiger charge is -2.10. The number of aliphatic hydroxyl groups is 1. The van der Waals surface area contributed by atoms with Gasteiger partial charge in [-0.15, -0.1) is 0 Å². The van der Waals surface area contributed by atoms with Crippen LogP contribution in [0.15, 0.2) is 29.1 Å². The highest BCUT2D eigenvalue weighted by atomic mass is 32.1. The SMILES string of the molecule is CC[C@@H](CO)n1sc2ccccc2c1=O. The Morgan fingerprint density at radius 1 is 1.47 bits per heavy atom. The number of rotatable bonds is 3. The molecule has 0 saturated carbocycles. The zero-order valence-electron chi connectivity index (χ0n) is 8.51. The minimum Gasteiger partial charge on any atom is -0.394 e. The third-order valence-electron chi connectivity index (χ3n) is 2.53. The number of nitrogens with zero attached hydrogens (tertiary/aromatic N) is 1. The number of fused-ring (bicyclic) bond motifs is 1. The van der Waals surface area contributed by atoms with Crippen LogP contribution in [0, 0.1) is 0 Å². The van der Waals surface area contributed by atoms with Crippen LogP contribution in [-0.2, 0) is 0 Å². The van der Waals surface area contributed by atoms with E-state index in [1.165, 1.54) is 11.5 Å². The van der Waals surface area contributed by atoms with Gasteiger partial charge in [0, 0.05) is 0 Å². The Morgan fingerprint density at radius 3 is 2.80 bits per heavy atom. The van der Waals surface area contributed by atoms with E-state index in [0.717, 1.165) is 16.5 Å². The number of aliphatic hydroxyl groups excluding tert-OH is 1. The Balaban J connectivity index is 2.62. The first-order chi connectivity index (χ1) is 7.27. The molecule has 1 atom stereocenters. The molecular weight excluding hydrogens is 210 g/mol. The highest BCUT2D eigenvalue weighted by Crippen LogP contribution is 2.20. The Kier molecular flexibility index (Phi) is 2.88. The van der Waals surface area contributed by atoms with E-state index in [2.05, 4.69) is 0 Å². The molecule has 15 heavy (non-hydrogen) atoms. The van der Waals surface area contributed by atoms with Crippen molar-refractivity contribution in [2.75, 3.05) is 6.61 Å². The molecule has 0 spiro atoms. The fourth-order valence-electron chi connectivity index (χ4n) is 1.60. The summed E-state index contributed by atoms with van der Waals surface area (Å²) in [6, 6.07) is 7.45. The van der Waals surface area contributed by atoms with Gasteiger partial charge in [-0.2, -0.15) is 0 Å². The average Bonchev–Trinajstić information content (AvgIpc) is 2.60. The molecule has 3 nitrogen and oxygen atoms in total. The maximum atomic E-state index is 11.9. The monoisotopic (exact) mass is 223 g/mol. The molecule has 0 saturated heterocycles. The molecule has 0 fully saturated rings. The van der Waals surface area contributed by atoms with Gasteiger partial charge < -0.3 is 5.11 Å². The quantitative estimate of drug-likeness (QED) is 0.864. The van der Waals surface area contributed by atoms with E-state index in [0.29, 0.717) is 0 Å². The molecule has 0 radical (unpaired) electrons. The molecule has 80 valence electrons. The Morgan fingerprint density at radius 2 is 2.20 bits per heavy atom. The van der Waals surface area contributed by atoms with Crippen molar-refractivity contribution in [3.8, 4) is 0 Å². The van der Waals surface area contributed by atoms with Crippen LogP contribution in [0.4, 0.5) is 0 Å². The summed E-state index contributed by atoms with van der Waals surface area (Å²) in [5, 5.41) is 9.92.